The lowest BCUT2D eigenvalue weighted by atomic mass is 9.91. The second-order valence-corrected chi connectivity index (χ2v) is 6.48. The van der Waals surface area contributed by atoms with Crippen molar-refractivity contribution in [1.29, 1.82) is 0 Å². The van der Waals surface area contributed by atoms with Crippen LogP contribution in [-0.4, -0.2) is 34.9 Å². The summed E-state index contributed by atoms with van der Waals surface area (Å²) in [4.78, 5) is 19.2. The molecule has 0 bridgehead atoms. The molecule has 1 aromatic heterocycles. The zero-order valence-corrected chi connectivity index (χ0v) is 13.4. The van der Waals surface area contributed by atoms with Crippen LogP contribution < -0.4 is 5.73 Å². The number of piperidine rings is 1. The van der Waals surface area contributed by atoms with E-state index in [2.05, 4.69) is 4.98 Å². The number of carbonyl (C=O) groups excluding carboxylic acids is 1. The highest BCUT2D eigenvalue weighted by Gasteiger charge is 2.27. The van der Waals surface area contributed by atoms with Crippen molar-refractivity contribution in [2.45, 2.75) is 25.8 Å². The zero-order valence-electron chi connectivity index (χ0n) is 12.6. The maximum Gasteiger partial charge on any atom is 0.256 e. The van der Waals surface area contributed by atoms with Gasteiger partial charge in [-0.15, -0.1) is 0 Å². The average molecular weight is 318 g/mol. The Kier molecular flexibility index (Phi) is 4.32. The molecule has 1 aliphatic rings. The topological polar surface area (TPSA) is 59.2 Å². The Hall–Kier alpha value is -1.65. The first-order chi connectivity index (χ1) is 10.6. The molecule has 22 heavy (non-hydrogen) atoms. The monoisotopic (exact) mass is 317 g/mol. The Balaban J connectivity index is 1.95. The highest BCUT2D eigenvalue weighted by Crippen LogP contribution is 2.26. The van der Waals surface area contributed by atoms with Gasteiger partial charge in [0.2, 0.25) is 0 Å². The first kappa shape index (κ1) is 15.3. The molecule has 0 spiro atoms. The molecule has 0 saturated carbocycles. The van der Waals surface area contributed by atoms with Crippen LogP contribution in [-0.2, 0) is 0 Å². The Morgan fingerprint density at radius 2 is 2.32 bits per heavy atom. The number of aromatic nitrogens is 1. The van der Waals surface area contributed by atoms with Gasteiger partial charge in [-0.05, 0) is 43.9 Å². The molecule has 2 atom stereocenters. The number of pyridine rings is 1. The SMILES string of the molecule is C[C@@H](N)[C@@H]1CCCN(C(=O)c2cc(Cl)cc3cccnc23)C1. The van der Waals surface area contributed by atoms with E-state index in [0.717, 1.165) is 24.8 Å². The molecule has 2 aromatic rings. The molecule has 5 heteroatoms. The number of hydrogen-bond acceptors (Lipinski definition) is 3. The molecule has 116 valence electrons. The standard InChI is InChI=1S/C17H20ClN3O/c1-11(19)13-5-3-7-21(10-13)17(22)15-9-14(18)8-12-4-2-6-20-16(12)15/h2,4,6,8-9,11,13H,3,5,7,10,19H2,1H3/t11-,13-/m1/s1. The number of amides is 1. The van der Waals surface area contributed by atoms with Crippen LogP contribution >= 0.6 is 11.6 Å². The van der Waals surface area contributed by atoms with Crippen molar-refractivity contribution in [2.75, 3.05) is 13.1 Å². The smallest absolute Gasteiger partial charge is 0.256 e. The van der Waals surface area contributed by atoms with Gasteiger partial charge in [0.05, 0.1) is 11.1 Å². The first-order valence-electron chi connectivity index (χ1n) is 7.65. The summed E-state index contributed by atoms with van der Waals surface area (Å²) in [6.45, 7) is 3.48. The van der Waals surface area contributed by atoms with Crippen LogP contribution in [0.25, 0.3) is 10.9 Å². The maximum atomic E-state index is 12.9. The Morgan fingerprint density at radius 1 is 1.50 bits per heavy atom. The van der Waals surface area contributed by atoms with E-state index in [4.69, 9.17) is 17.3 Å². The number of nitrogens with two attached hydrogens (primary N) is 1. The predicted octanol–water partition coefficient (Wildman–Crippen LogP) is 3.09. The quantitative estimate of drug-likeness (QED) is 0.926. The van der Waals surface area contributed by atoms with Gasteiger partial charge in [-0.25, -0.2) is 0 Å². The Labute approximate surface area is 135 Å². The molecule has 1 amide bonds. The highest BCUT2D eigenvalue weighted by molar-refractivity contribution is 6.32. The van der Waals surface area contributed by atoms with Gasteiger partial charge in [-0.2, -0.15) is 0 Å². The average Bonchev–Trinajstić information content (AvgIpc) is 2.53. The summed E-state index contributed by atoms with van der Waals surface area (Å²) in [5, 5.41) is 1.45. The fraction of sp³-hybridized carbons (Fsp3) is 0.412. The molecule has 1 saturated heterocycles. The number of hydrogen-bond donors (Lipinski definition) is 1. The van der Waals surface area contributed by atoms with Crippen molar-refractivity contribution in [2.24, 2.45) is 11.7 Å². The molecule has 1 aliphatic heterocycles. The van der Waals surface area contributed by atoms with Crippen molar-refractivity contribution in [3.8, 4) is 0 Å². The van der Waals surface area contributed by atoms with E-state index < -0.39 is 0 Å². The van der Waals surface area contributed by atoms with Crippen LogP contribution in [0.3, 0.4) is 0 Å². The highest BCUT2D eigenvalue weighted by atomic mass is 35.5. The largest absolute Gasteiger partial charge is 0.338 e. The first-order valence-corrected chi connectivity index (χ1v) is 8.03. The van der Waals surface area contributed by atoms with Crippen LogP contribution in [0.2, 0.25) is 5.02 Å². The summed E-state index contributed by atoms with van der Waals surface area (Å²) in [7, 11) is 0. The van der Waals surface area contributed by atoms with Gasteiger partial charge in [-0.1, -0.05) is 17.7 Å². The summed E-state index contributed by atoms with van der Waals surface area (Å²) < 4.78 is 0. The van der Waals surface area contributed by atoms with E-state index >= 15 is 0 Å². The van der Waals surface area contributed by atoms with Crippen LogP contribution in [0.5, 0.6) is 0 Å². The van der Waals surface area contributed by atoms with E-state index in [9.17, 15) is 4.79 Å². The molecular weight excluding hydrogens is 298 g/mol. The zero-order chi connectivity index (χ0) is 15.7. The van der Waals surface area contributed by atoms with Crippen molar-refractivity contribution >= 4 is 28.4 Å². The molecule has 3 rings (SSSR count). The minimum absolute atomic E-state index is 0.00319. The number of rotatable bonds is 2. The normalized spacial score (nSPS) is 20.1. The number of likely N-dealkylation sites (tertiary alicyclic amines) is 1. The van der Waals surface area contributed by atoms with Crippen molar-refractivity contribution in [3.63, 3.8) is 0 Å². The van der Waals surface area contributed by atoms with Crippen LogP contribution in [0, 0.1) is 5.92 Å². The van der Waals surface area contributed by atoms with Crippen molar-refractivity contribution in [1.82, 2.24) is 9.88 Å². The fourth-order valence-electron chi connectivity index (χ4n) is 3.11. The van der Waals surface area contributed by atoms with Crippen LogP contribution in [0.4, 0.5) is 0 Å². The summed E-state index contributed by atoms with van der Waals surface area (Å²) in [6, 6.07) is 7.42. The predicted molar refractivity (Wildman–Crippen MR) is 89.0 cm³/mol. The number of nitrogens with zero attached hydrogens (tertiary/aromatic N) is 2. The lowest BCUT2D eigenvalue weighted by Crippen LogP contribution is -2.45. The van der Waals surface area contributed by atoms with E-state index in [1.54, 1.807) is 12.3 Å². The second kappa shape index (κ2) is 6.23. The summed E-state index contributed by atoms with van der Waals surface area (Å²) in [5.41, 5.74) is 7.30. The van der Waals surface area contributed by atoms with E-state index in [1.807, 2.05) is 30.0 Å². The summed E-state index contributed by atoms with van der Waals surface area (Å²) in [5.74, 6) is 0.354. The van der Waals surface area contributed by atoms with Crippen LogP contribution in [0.15, 0.2) is 30.5 Å². The minimum Gasteiger partial charge on any atom is -0.338 e. The number of fused-ring (bicyclic) bond motifs is 1. The van der Waals surface area contributed by atoms with Gasteiger partial charge >= 0.3 is 0 Å². The third-order valence-electron chi connectivity index (χ3n) is 4.39. The van der Waals surface area contributed by atoms with Gasteiger partial charge in [0.1, 0.15) is 0 Å². The van der Waals surface area contributed by atoms with Gasteiger partial charge in [0, 0.05) is 35.7 Å². The van der Waals surface area contributed by atoms with E-state index in [-0.39, 0.29) is 11.9 Å². The maximum absolute atomic E-state index is 12.9. The Morgan fingerprint density at radius 3 is 3.09 bits per heavy atom. The lowest BCUT2D eigenvalue weighted by Gasteiger charge is -2.34. The number of carbonyl (C=O) groups is 1. The van der Waals surface area contributed by atoms with E-state index in [0.29, 0.717) is 28.6 Å². The molecular formula is C17H20ClN3O. The van der Waals surface area contributed by atoms with Crippen molar-refractivity contribution < 1.29 is 4.79 Å². The van der Waals surface area contributed by atoms with E-state index in [1.165, 1.54) is 0 Å². The summed E-state index contributed by atoms with van der Waals surface area (Å²) >= 11 is 6.17. The lowest BCUT2D eigenvalue weighted by molar-refractivity contribution is 0.0663. The van der Waals surface area contributed by atoms with Crippen molar-refractivity contribution in [3.05, 3.63) is 41.0 Å². The molecule has 0 unspecified atom stereocenters. The third-order valence-corrected chi connectivity index (χ3v) is 4.61. The molecule has 1 fully saturated rings. The fourth-order valence-corrected chi connectivity index (χ4v) is 3.34. The minimum atomic E-state index is -0.00319. The molecule has 2 N–H and O–H groups in total. The second-order valence-electron chi connectivity index (χ2n) is 6.04. The number of benzene rings is 1. The van der Waals surface area contributed by atoms with Gasteiger partial charge in [0.15, 0.2) is 0 Å². The van der Waals surface area contributed by atoms with Gasteiger partial charge < -0.3 is 10.6 Å². The van der Waals surface area contributed by atoms with Crippen LogP contribution in [0.1, 0.15) is 30.1 Å². The van der Waals surface area contributed by atoms with Gasteiger partial charge in [-0.3, -0.25) is 9.78 Å². The molecule has 0 radical (unpaired) electrons. The molecule has 4 nitrogen and oxygen atoms in total. The molecule has 2 heterocycles. The Bertz CT molecular complexity index is 701. The van der Waals surface area contributed by atoms with Gasteiger partial charge in [0.25, 0.3) is 5.91 Å². The molecule has 1 aromatic carbocycles. The third kappa shape index (κ3) is 2.94. The molecule has 0 aliphatic carbocycles. The summed E-state index contributed by atoms with van der Waals surface area (Å²) in [6.07, 6.45) is 3.77. The number of halogens is 1.